The first-order valence-electron chi connectivity index (χ1n) is 8.61. The van der Waals surface area contributed by atoms with E-state index >= 15 is 0 Å². The van der Waals surface area contributed by atoms with Gasteiger partial charge in [-0.3, -0.25) is 0 Å². The summed E-state index contributed by atoms with van der Waals surface area (Å²) < 4.78 is 39.4. The topological polar surface area (TPSA) is 73.8 Å². The third-order valence-corrected chi connectivity index (χ3v) is 5.75. The van der Waals surface area contributed by atoms with Gasteiger partial charge in [-0.05, 0) is 36.2 Å². The largest absolute Gasteiger partial charge is 0.357 e. The quantitative estimate of drug-likeness (QED) is 0.335. The SMILES string of the molecule is CCNC(=NCc1cccc(F)c1)NCc1ccccc1S(=O)(=O)N(C)C.I. The van der Waals surface area contributed by atoms with Crippen LogP contribution >= 0.6 is 24.0 Å². The molecule has 0 atom stereocenters. The zero-order valence-corrected chi connectivity index (χ0v) is 19.3. The molecule has 0 heterocycles. The maximum Gasteiger partial charge on any atom is 0.242 e. The first kappa shape index (κ1) is 24.3. The molecule has 0 spiro atoms. The highest BCUT2D eigenvalue weighted by Crippen LogP contribution is 2.18. The van der Waals surface area contributed by atoms with Crippen molar-refractivity contribution >= 4 is 40.0 Å². The number of hydrogen-bond acceptors (Lipinski definition) is 3. The zero-order chi connectivity index (χ0) is 19.9. The second-order valence-corrected chi connectivity index (χ2v) is 8.19. The van der Waals surface area contributed by atoms with Crippen molar-refractivity contribution in [2.24, 2.45) is 4.99 Å². The first-order chi connectivity index (χ1) is 12.8. The lowest BCUT2D eigenvalue weighted by Crippen LogP contribution is -2.37. The van der Waals surface area contributed by atoms with Gasteiger partial charge in [0.15, 0.2) is 5.96 Å². The molecule has 2 aromatic rings. The molecule has 0 aliphatic rings. The molecule has 2 rings (SSSR count). The molecule has 0 saturated heterocycles. The first-order valence-corrected chi connectivity index (χ1v) is 10.1. The molecule has 9 heteroatoms. The van der Waals surface area contributed by atoms with E-state index in [4.69, 9.17) is 0 Å². The molecule has 0 aliphatic heterocycles. The predicted octanol–water partition coefficient (Wildman–Crippen LogP) is 2.95. The molecule has 154 valence electrons. The third kappa shape index (κ3) is 6.71. The highest BCUT2D eigenvalue weighted by molar-refractivity contribution is 14.0. The number of sulfonamides is 1. The van der Waals surface area contributed by atoms with Crippen LogP contribution in [0.3, 0.4) is 0 Å². The number of rotatable bonds is 7. The Hall–Kier alpha value is -1.72. The molecular formula is C19H26FIN4O2S. The zero-order valence-electron chi connectivity index (χ0n) is 16.1. The van der Waals surface area contributed by atoms with Crippen molar-refractivity contribution in [1.82, 2.24) is 14.9 Å². The maximum absolute atomic E-state index is 13.3. The number of halogens is 2. The van der Waals surface area contributed by atoms with Crippen molar-refractivity contribution in [2.45, 2.75) is 24.9 Å². The molecule has 0 bridgehead atoms. The summed E-state index contributed by atoms with van der Waals surface area (Å²) in [7, 11) is -0.528. The average molecular weight is 520 g/mol. The Labute approximate surface area is 183 Å². The number of benzene rings is 2. The van der Waals surface area contributed by atoms with Crippen molar-refractivity contribution < 1.29 is 12.8 Å². The molecule has 2 aromatic carbocycles. The summed E-state index contributed by atoms with van der Waals surface area (Å²) in [4.78, 5) is 4.69. The van der Waals surface area contributed by atoms with Crippen LogP contribution in [0.15, 0.2) is 58.4 Å². The Balaban J connectivity index is 0.00000392. The van der Waals surface area contributed by atoms with Gasteiger partial charge in [0.25, 0.3) is 0 Å². The van der Waals surface area contributed by atoms with Crippen LogP contribution < -0.4 is 10.6 Å². The van der Waals surface area contributed by atoms with Gasteiger partial charge in [-0.15, -0.1) is 24.0 Å². The van der Waals surface area contributed by atoms with E-state index in [9.17, 15) is 12.8 Å². The van der Waals surface area contributed by atoms with E-state index in [1.54, 1.807) is 36.4 Å². The summed E-state index contributed by atoms with van der Waals surface area (Å²) in [6, 6.07) is 13.1. The number of nitrogens with one attached hydrogen (secondary N) is 2. The Morgan fingerprint density at radius 1 is 1.11 bits per heavy atom. The minimum absolute atomic E-state index is 0. The Morgan fingerprint density at radius 3 is 2.46 bits per heavy atom. The van der Waals surface area contributed by atoms with E-state index < -0.39 is 10.0 Å². The van der Waals surface area contributed by atoms with Gasteiger partial charge in [-0.25, -0.2) is 22.1 Å². The van der Waals surface area contributed by atoms with Crippen LogP contribution in [-0.2, 0) is 23.1 Å². The van der Waals surface area contributed by atoms with E-state index in [2.05, 4.69) is 15.6 Å². The Morgan fingerprint density at radius 2 is 1.82 bits per heavy atom. The van der Waals surface area contributed by atoms with E-state index in [0.29, 0.717) is 24.6 Å². The van der Waals surface area contributed by atoms with Gasteiger partial charge < -0.3 is 10.6 Å². The highest BCUT2D eigenvalue weighted by atomic mass is 127. The minimum atomic E-state index is -3.54. The summed E-state index contributed by atoms with van der Waals surface area (Å²) in [6.07, 6.45) is 0. The molecule has 0 aromatic heterocycles. The van der Waals surface area contributed by atoms with Gasteiger partial charge >= 0.3 is 0 Å². The van der Waals surface area contributed by atoms with E-state index in [-0.39, 0.29) is 41.2 Å². The Bertz CT molecular complexity index is 904. The van der Waals surface area contributed by atoms with E-state index in [0.717, 1.165) is 5.56 Å². The fourth-order valence-electron chi connectivity index (χ4n) is 2.42. The van der Waals surface area contributed by atoms with Gasteiger partial charge in [0.05, 0.1) is 11.4 Å². The lowest BCUT2D eigenvalue weighted by atomic mass is 10.2. The standard InChI is InChI=1S/C19H25FN4O2S.HI/c1-4-21-19(22-13-15-8-7-10-17(20)12-15)23-14-16-9-5-6-11-18(16)27(25,26)24(2)3;/h5-12H,4,13-14H2,1-3H3,(H2,21,22,23);1H. The van der Waals surface area contributed by atoms with Crippen LogP contribution in [0.1, 0.15) is 18.1 Å². The van der Waals surface area contributed by atoms with Crippen molar-refractivity contribution in [2.75, 3.05) is 20.6 Å². The van der Waals surface area contributed by atoms with Crippen molar-refractivity contribution in [3.8, 4) is 0 Å². The summed E-state index contributed by atoms with van der Waals surface area (Å²) in [6.45, 7) is 3.18. The van der Waals surface area contributed by atoms with Gasteiger partial charge in [-0.1, -0.05) is 30.3 Å². The maximum atomic E-state index is 13.3. The lowest BCUT2D eigenvalue weighted by molar-refractivity contribution is 0.519. The molecule has 0 unspecified atom stereocenters. The Kier molecular flexibility index (Phi) is 9.83. The summed E-state index contributed by atoms with van der Waals surface area (Å²) in [5.74, 6) is 0.224. The van der Waals surface area contributed by atoms with Crippen LogP contribution in [0, 0.1) is 5.82 Å². The normalized spacial score (nSPS) is 11.8. The molecule has 28 heavy (non-hydrogen) atoms. The molecule has 2 N–H and O–H groups in total. The fourth-order valence-corrected chi connectivity index (χ4v) is 3.54. The smallest absolute Gasteiger partial charge is 0.242 e. The average Bonchev–Trinajstić information content (AvgIpc) is 2.64. The van der Waals surface area contributed by atoms with Crippen molar-refractivity contribution in [3.05, 3.63) is 65.5 Å². The number of aliphatic imine (C=N–C) groups is 1. The number of hydrogen-bond donors (Lipinski definition) is 2. The molecule has 0 radical (unpaired) electrons. The fraction of sp³-hybridized carbons (Fsp3) is 0.316. The van der Waals surface area contributed by atoms with Crippen LogP contribution in [-0.4, -0.2) is 39.3 Å². The van der Waals surface area contributed by atoms with E-state index in [1.807, 2.05) is 6.92 Å². The second-order valence-electron chi connectivity index (χ2n) is 6.07. The molecule has 0 aliphatic carbocycles. The number of nitrogens with zero attached hydrogens (tertiary/aromatic N) is 2. The second kappa shape index (κ2) is 11.3. The van der Waals surface area contributed by atoms with Gasteiger partial charge in [-0.2, -0.15) is 0 Å². The van der Waals surface area contributed by atoms with Crippen molar-refractivity contribution in [1.29, 1.82) is 0 Å². The van der Waals surface area contributed by atoms with Crippen LogP contribution in [0.2, 0.25) is 0 Å². The highest BCUT2D eigenvalue weighted by Gasteiger charge is 2.20. The molecule has 0 fully saturated rings. The molecule has 0 saturated carbocycles. The monoisotopic (exact) mass is 520 g/mol. The van der Waals surface area contributed by atoms with Crippen LogP contribution in [0.4, 0.5) is 4.39 Å². The third-order valence-electron chi connectivity index (χ3n) is 3.83. The van der Waals surface area contributed by atoms with Gasteiger partial charge in [0.2, 0.25) is 10.0 Å². The minimum Gasteiger partial charge on any atom is -0.357 e. The van der Waals surface area contributed by atoms with Crippen molar-refractivity contribution in [3.63, 3.8) is 0 Å². The lowest BCUT2D eigenvalue weighted by Gasteiger charge is -2.17. The predicted molar refractivity (Wildman–Crippen MR) is 121 cm³/mol. The summed E-state index contributed by atoms with van der Waals surface area (Å²) in [5.41, 5.74) is 1.39. The summed E-state index contributed by atoms with van der Waals surface area (Å²) in [5, 5.41) is 6.24. The number of guanidine groups is 1. The van der Waals surface area contributed by atoms with Gasteiger partial charge in [0.1, 0.15) is 5.82 Å². The summed E-state index contributed by atoms with van der Waals surface area (Å²) >= 11 is 0. The van der Waals surface area contributed by atoms with Gasteiger partial charge in [0, 0.05) is 27.2 Å². The molecular weight excluding hydrogens is 494 g/mol. The van der Waals surface area contributed by atoms with Crippen LogP contribution in [0.5, 0.6) is 0 Å². The molecule has 6 nitrogen and oxygen atoms in total. The molecule has 0 amide bonds. The van der Waals surface area contributed by atoms with Crippen LogP contribution in [0.25, 0.3) is 0 Å². The van der Waals surface area contributed by atoms with E-state index in [1.165, 1.54) is 30.5 Å².